The van der Waals surface area contributed by atoms with E-state index in [1.54, 1.807) is 18.2 Å². The van der Waals surface area contributed by atoms with Crippen molar-refractivity contribution < 1.29 is 33.4 Å². The fourth-order valence-electron chi connectivity index (χ4n) is 3.50. The second-order valence-electron chi connectivity index (χ2n) is 6.65. The first kappa shape index (κ1) is 19.4. The summed E-state index contributed by atoms with van der Waals surface area (Å²) in [5.74, 6) is -0.981. The fraction of sp³-hybridized carbons (Fsp3) is 0.238. The van der Waals surface area contributed by atoms with Crippen LogP contribution in [0.1, 0.15) is 12.5 Å². The van der Waals surface area contributed by atoms with Crippen LogP contribution < -0.4 is 19.1 Å². The number of esters is 1. The van der Waals surface area contributed by atoms with E-state index in [1.165, 1.54) is 45.4 Å². The van der Waals surface area contributed by atoms with E-state index >= 15 is 0 Å². The molecule has 0 saturated carbocycles. The summed E-state index contributed by atoms with van der Waals surface area (Å²) in [6.07, 6.45) is -1.03. The van der Waals surface area contributed by atoms with E-state index < -0.39 is 29.8 Å². The van der Waals surface area contributed by atoms with Crippen LogP contribution in [0, 0.1) is 5.92 Å². The summed E-state index contributed by atoms with van der Waals surface area (Å²) in [5, 5.41) is 3.99. The van der Waals surface area contributed by atoms with Crippen LogP contribution in [0.25, 0.3) is 0 Å². The zero-order valence-corrected chi connectivity index (χ0v) is 16.4. The molecule has 154 valence electrons. The highest BCUT2D eigenvalue weighted by atomic mass is 16.7. The maximum atomic E-state index is 13.1. The van der Waals surface area contributed by atoms with E-state index in [4.69, 9.17) is 19.0 Å². The van der Waals surface area contributed by atoms with Gasteiger partial charge in [-0.1, -0.05) is 5.16 Å². The molecule has 2 amide bonds. The molecule has 0 aromatic heterocycles. The normalized spacial score (nSPS) is 19.8. The minimum atomic E-state index is -1.03. The van der Waals surface area contributed by atoms with Gasteiger partial charge in [-0.2, -0.15) is 0 Å². The van der Waals surface area contributed by atoms with Gasteiger partial charge in [0.1, 0.15) is 17.4 Å². The number of methoxy groups -OCH3 is 2. The van der Waals surface area contributed by atoms with E-state index in [1.807, 2.05) is 0 Å². The molecule has 2 aliphatic rings. The van der Waals surface area contributed by atoms with Gasteiger partial charge in [0.15, 0.2) is 11.5 Å². The monoisotopic (exact) mass is 410 g/mol. The number of ether oxygens (including phenoxy) is 3. The maximum absolute atomic E-state index is 13.1. The highest BCUT2D eigenvalue weighted by Gasteiger charge is 2.56. The molecule has 9 heteroatoms. The predicted octanol–water partition coefficient (Wildman–Crippen LogP) is 1.92. The summed E-state index contributed by atoms with van der Waals surface area (Å²) >= 11 is 0. The van der Waals surface area contributed by atoms with Crippen LogP contribution >= 0.6 is 0 Å². The first-order valence-electron chi connectivity index (χ1n) is 9.07. The molecule has 0 radical (unpaired) electrons. The Morgan fingerprint density at radius 2 is 1.70 bits per heavy atom. The number of fused-ring (bicyclic) bond motifs is 1. The number of imide groups is 1. The van der Waals surface area contributed by atoms with Gasteiger partial charge in [0, 0.05) is 12.5 Å². The molecule has 0 N–H and O–H groups in total. The second kappa shape index (κ2) is 7.51. The molecule has 0 bridgehead atoms. The molecule has 0 unspecified atom stereocenters. The third-order valence-electron chi connectivity index (χ3n) is 4.85. The van der Waals surface area contributed by atoms with E-state index in [9.17, 15) is 14.4 Å². The number of oxime groups is 1. The lowest BCUT2D eigenvalue weighted by atomic mass is 9.94. The molecule has 2 heterocycles. The molecule has 9 nitrogen and oxygen atoms in total. The first-order chi connectivity index (χ1) is 14.4. The Kier molecular flexibility index (Phi) is 4.86. The summed E-state index contributed by atoms with van der Waals surface area (Å²) in [6, 6.07) is 11.2. The first-order valence-corrected chi connectivity index (χ1v) is 9.07. The molecular formula is C21H18N2O7. The van der Waals surface area contributed by atoms with Crippen molar-refractivity contribution in [3.05, 3.63) is 48.0 Å². The van der Waals surface area contributed by atoms with Gasteiger partial charge in [-0.05, 0) is 42.5 Å². The Labute approximate surface area is 171 Å². The molecule has 30 heavy (non-hydrogen) atoms. The van der Waals surface area contributed by atoms with Crippen molar-refractivity contribution in [1.82, 2.24) is 0 Å². The lowest BCUT2D eigenvalue weighted by Crippen LogP contribution is -2.33. The molecule has 2 aromatic carbocycles. The topological polar surface area (TPSA) is 104 Å². The average Bonchev–Trinajstić information content (AvgIpc) is 3.28. The Hall–Kier alpha value is -3.88. The maximum Gasteiger partial charge on any atom is 0.308 e. The SMILES string of the molecule is COc1ccc(C2=NO[C@H]3C(=O)N(c4ccc(OC(C)=O)cc4)C(=O)[C@@H]23)cc1OC. The number of nitrogens with zero attached hydrogens (tertiary/aromatic N) is 2. The Morgan fingerprint density at radius 3 is 2.33 bits per heavy atom. The van der Waals surface area contributed by atoms with Crippen LogP contribution in [0.3, 0.4) is 0 Å². The van der Waals surface area contributed by atoms with Crippen LogP contribution in [0.5, 0.6) is 17.2 Å². The molecule has 2 aromatic rings. The van der Waals surface area contributed by atoms with Crippen LogP contribution in [0.4, 0.5) is 5.69 Å². The number of hydrogen-bond donors (Lipinski definition) is 0. The standard InChI is InChI=1S/C21H18N2O7/c1-11(24)29-14-7-5-13(6-8-14)23-20(25)17-18(22-30-19(17)21(23)26)12-4-9-15(27-2)16(10-12)28-3/h4-10,17,19H,1-3H3/t17-,19+/m0/s1. The molecule has 0 spiro atoms. The third-order valence-corrected chi connectivity index (χ3v) is 4.85. The highest BCUT2D eigenvalue weighted by molar-refractivity contribution is 6.32. The number of benzene rings is 2. The number of amides is 2. The van der Waals surface area contributed by atoms with Crippen LogP contribution in [0.15, 0.2) is 47.6 Å². The number of rotatable bonds is 5. The molecule has 2 atom stereocenters. The van der Waals surface area contributed by atoms with Crippen molar-refractivity contribution in [2.75, 3.05) is 19.1 Å². The Bertz CT molecular complexity index is 1060. The quantitative estimate of drug-likeness (QED) is 0.421. The molecule has 0 aliphatic carbocycles. The third kappa shape index (κ3) is 3.14. The minimum absolute atomic E-state index is 0.314. The summed E-state index contributed by atoms with van der Waals surface area (Å²) in [4.78, 5) is 43.4. The lowest BCUT2D eigenvalue weighted by Gasteiger charge is -2.16. The van der Waals surface area contributed by atoms with Crippen LogP contribution in [-0.4, -0.2) is 43.8 Å². The highest BCUT2D eigenvalue weighted by Crippen LogP contribution is 2.37. The number of carbonyl (C=O) groups excluding carboxylic acids is 3. The largest absolute Gasteiger partial charge is 0.493 e. The van der Waals surface area contributed by atoms with Crippen molar-refractivity contribution in [1.29, 1.82) is 0 Å². The smallest absolute Gasteiger partial charge is 0.308 e. The number of carbonyl (C=O) groups is 3. The van der Waals surface area contributed by atoms with Gasteiger partial charge < -0.3 is 19.0 Å². The van der Waals surface area contributed by atoms with Crippen molar-refractivity contribution in [3.8, 4) is 17.2 Å². The molecular weight excluding hydrogens is 392 g/mol. The summed E-state index contributed by atoms with van der Waals surface area (Å²) in [5.41, 5.74) is 1.29. The van der Waals surface area contributed by atoms with Gasteiger partial charge >= 0.3 is 5.97 Å². The van der Waals surface area contributed by atoms with Gasteiger partial charge in [0.05, 0.1) is 19.9 Å². The Balaban J connectivity index is 1.62. The zero-order valence-electron chi connectivity index (χ0n) is 16.4. The minimum Gasteiger partial charge on any atom is -0.493 e. The van der Waals surface area contributed by atoms with Gasteiger partial charge in [-0.25, -0.2) is 4.90 Å². The van der Waals surface area contributed by atoms with Crippen molar-refractivity contribution in [3.63, 3.8) is 0 Å². The molecule has 1 fully saturated rings. The van der Waals surface area contributed by atoms with Crippen molar-refractivity contribution in [2.24, 2.45) is 11.1 Å². The van der Waals surface area contributed by atoms with Gasteiger partial charge in [0.25, 0.3) is 5.91 Å². The van der Waals surface area contributed by atoms with Gasteiger partial charge in [0.2, 0.25) is 12.0 Å². The predicted molar refractivity (Wildman–Crippen MR) is 105 cm³/mol. The second-order valence-corrected chi connectivity index (χ2v) is 6.65. The molecule has 2 aliphatic heterocycles. The average molecular weight is 410 g/mol. The number of hydrogen-bond acceptors (Lipinski definition) is 8. The van der Waals surface area contributed by atoms with E-state index in [0.29, 0.717) is 34.2 Å². The van der Waals surface area contributed by atoms with E-state index in [0.717, 1.165) is 4.90 Å². The summed E-state index contributed by atoms with van der Waals surface area (Å²) in [7, 11) is 3.02. The van der Waals surface area contributed by atoms with Gasteiger partial charge in [-0.3, -0.25) is 14.4 Å². The summed E-state index contributed by atoms with van der Waals surface area (Å²) in [6.45, 7) is 1.29. The van der Waals surface area contributed by atoms with Crippen LogP contribution in [-0.2, 0) is 19.2 Å². The van der Waals surface area contributed by atoms with Crippen LogP contribution in [0.2, 0.25) is 0 Å². The van der Waals surface area contributed by atoms with E-state index in [2.05, 4.69) is 5.16 Å². The van der Waals surface area contributed by atoms with Crippen molar-refractivity contribution >= 4 is 29.2 Å². The fourth-order valence-corrected chi connectivity index (χ4v) is 3.50. The molecule has 1 saturated heterocycles. The lowest BCUT2D eigenvalue weighted by molar-refractivity contribution is -0.132. The van der Waals surface area contributed by atoms with Gasteiger partial charge in [-0.15, -0.1) is 0 Å². The zero-order chi connectivity index (χ0) is 21.4. The van der Waals surface area contributed by atoms with Crippen molar-refractivity contribution in [2.45, 2.75) is 13.0 Å². The number of anilines is 1. The Morgan fingerprint density at radius 1 is 1.00 bits per heavy atom. The van der Waals surface area contributed by atoms with E-state index in [-0.39, 0.29) is 0 Å². The summed E-state index contributed by atoms with van der Waals surface area (Å²) < 4.78 is 15.5. The molecule has 4 rings (SSSR count).